The van der Waals surface area contributed by atoms with Crippen LogP contribution in [0.3, 0.4) is 0 Å². The fourth-order valence-corrected chi connectivity index (χ4v) is 1.71. The van der Waals surface area contributed by atoms with Gasteiger partial charge in [0.1, 0.15) is 0 Å². The lowest BCUT2D eigenvalue weighted by molar-refractivity contribution is 0.0637. The molecule has 0 aromatic heterocycles. The molecular weight excluding hydrogens is 214 g/mol. The summed E-state index contributed by atoms with van der Waals surface area (Å²) in [5.74, 6) is 0. The Balaban J connectivity index is 2.67. The lowest BCUT2D eigenvalue weighted by Gasteiger charge is -2.24. The quantitative estimate of drug-likeness (QED) is 0.680. The highest BCUT2D eigenvalue weighted by Gasteiger charge is 2.18. The van der Waals surface area contributed by atoms with E-state index >= 15 is 0 Å². The monoisotopic (exact) mass is 233 g/mol. The lowest BCUT2D eigenvalue weighted by atomic mass is 10.0. The average Bonchev–Trinajstić information content (AvgIpc) is 2.27. The zero-order valence-corrected chi connectivity index (χ0v) is 10.3. The molecule has 0 radical (unpaired) electrons. The van der Waals surface area contributed by atoms with E-state index in [9.17, 15) is 5.11 Å². The number of rotatable bonds is 5. The number of nitriles is 1. The minimum atomic E-state index is -0.741. The summed E-state index contributed by atoms with van der Waals surface area (Å²) in [5.41, 5.74) is 6.87. The molecule has 0 aliphatic carbocycles. The first-order valence-electron chi connectivity index (χ1n) is 5.74. The van der Waals surface area contributed by atoms with Crippen molar-refractivity contribution in [3.8, 4) is 6.07 Å². The van der Waals surface area contributed by atoms with Gasteiger partial charge >= 0.3 is 0 Å². The second kappa shape index (κ2) is 5.55. The highest BCUT2D eigenvalue weighted by Crippen LogP contribution is 2.21. The summed E-state index contributed by atoms with van der Waals surface area (Å²) in [5, 5.41) is 21.8. The second-order valence-electron chi connectivity index (χ2n) is 4.51. The van der Waals surface area contributed by atoms with Crippen molar-refractivity contribution in [3.05, 3.63) is 23.8 Å². The minimum Gasteiger partial charge on any atom is -0.397 e. The third-order valence-electron chi connectivity index (χ3n) is 2.63. The van der Waals surface area contributed by atoms with Crippen LogP contribution in [0.2, 0.25) is 0 Å². The lowest BCUT2D eigenvalue weighted by Crippen LogP contribution is -2.33. The van der Waals surface area contributed by atoms with Crippen molar-refractivity contribution >= 4 is 11.4 Å². The number of anilines is 2. The van der Waals surface area contributed by atoms with Gasteiger partial charge in [0, 0.05) is 6.54 Å². The SMILES string of the molecule is CCCC(C)(O)CNc1ccc(C#N)cc1N. The van der Waals surface area contributed by atoms with Crippen molar-refractivity contribution in [2.45, 2.75) is 32.3 Å². The van der Waals surface area contributed by atoms with Gasteiger partial charge in [0.15, 0.2) is 0 Å². The van der Waals surface area contributed by atoms with Crippen LogP contribution in [-0.2, 0) is 0 Å². The smallest absolute Gasteiger partial charge is 0.0992 e. The van der Waals surface area contributed by atoms with Crippen molar-refractivity contribution in [3.63, 3.8) is 0 Å². The fourth-order valence-electron chi connectivity index (χ4n) is 1.71. The van der Waals surface area contributed by atoms with E-state index in [1.165, 1.54) is 0 Å². The van der Waals surface area contributed by atoms with Crippen LogP contribution in [0.15, 0.2) is 18.2 Å². The number of nitrogens with one attached hydrogen (secondary N) is 1. The maximum Gasteiger partial charge on any atom is 0.0992 e. The zero-order valence-electron chi connectivity index (χ0n) is 10.3. The highest BCUT2D eigenvalue weighted by atomic mass is 16.3. The molecule has 0 aliphatic rings. The Morgan fingerprint density at radius 2 is 2.24 bits per heavy atom. The fraction of sp³-hybridized carbons (Fsp3) is 0.462. The normalized spacial score (nSPS) is 13.8. The third-order valence-corrected chi connectivity index (χ3v) is 2.63. The van der Waals surface area contributed by atoms with E-state index in [0.717, 1.165) is 18.5 Å². The Labute approximate surface area is 102 Å². The van der Waals surface area contributed by atoms with Gasteiger partial charge in [0.05, 0.1) is 28.6 Å². The van der Waals surface area contributed by atoms with Gasteiger partial charge in [-0.3, -0.25) is 0 Å². The maximum absolute atomic E-state index is 10.0. The molecule has 0 saturated heterocycles. The Bertz CT molecular complexity index is 421. The summed E-state index contributed by atoms with van der Waals surface area (Å²) in [7, 11) is 0. The molecule has 1 atom stereocenters. The van der Waals surface area contributed by atoms with E-state index in [1.54, 1.807) is 25.1 Å². The van der Waals surface area contributed by atoms with Gasteiger partial charge in [0.2, 0.25) is 0 Å². The van der Waals surface area contributed by atoms with E-state index in [-0.39, 0.29) is 0 Å². The molecule has 0 aliphatic heterocycles. The largest absolute Gasteiger partial charge is 0.397 e. The first-order chi connectivity index (χ1) is 7.98. The number of hydrogen-bond acceptors (Lipinski definition) is 4. The first-order valence-corrected chi connectivity index (χ1v) is 5.74. The van der Waals surface area contributed by atoms with Crippen molar-refractivity contribution in [1.82, 2.24) is 0 Å². The molecule has 92 valence electrons. The summed E-state index contributed by atoms with van der Waals surface area (Å²) in [4.78, 5) is 0. The van der Waals surface area contributed by atoms with Gasteiger partial charge in [0.25, 0.3) is 0 Å². The standard InChI is InChI=1S/C13H19N3O/c1-3-6-13(2,17)9-16-12-5-4-10(8-14)7-11(12)15/h4-5,7,16-17H,3,6,9,15H2,1-2H3. The van der Waals surface area contributed by atoms with Crippen molar-refractivity contribution in [2.24, 2.45) is 0 Å². The van der Waals surface area contributed by atoms with Crippen LogP contribution in [0.25, 0.3) is 0 Å². The van der Waals surface area contributed by atoms with Crippen LogP contribution >= 0.6 is 0 Å². The number of nitrogen functional groups attached to an aromatic ring is 1. The van der Waals surface area contributed by atoms with E-state index in [0.29, 0.717) is 17.8 Å². The topological polar surface area (TPSA) is 82.1 Å². The molecule has 4 heteroatoms. The number of nitrogens with zero attached hydrogens (tertiary/aromatic N) is 1. The molecule has 4 N–H and O–H groups in total. The zero-order chi connectivity index (χ0) is 12.9. The molecule has 17 heavy (non-hydrogen) atoms. The van der Waals surface area contributed by atoms with E-state index < -0.39 is 5.60 Å². The average molecular weight is 233 g/mol. The van der Waals surface area contributed by atoms with Gasteiger partial charge in [-0.1, -0.05) is 13.3 Å². The van der Waals surface area contributed by atoms with Gasteiger partial charge < -0.3 is 16.2 Å². The summed E-state index contributed by atoms with van der Waals surface area (Å²) in [6.07, 6.45) is 1.66. The van der Waals surface area contributed by atoms with Crippen LogP contribution in [0, 0.1) is 11.3 Å². The molecule has 0 heterocycles. The molecule has 0 spiro atoms. The Morgan fingerprint density at radius 1 is 1.53 bits per heavy atom. The number of benzene rings is 1. The minimum absolute atomic E-state index is 0.441. The Hall–Kier alpha value is -1.73. The van der Waals surface area contributed by atoms with Gasteiger partial charge in [-0.15, -0.1) is 0 Å². The van der Waals surface area contributed by atoms with Gasteiger partial charge in [-0.05, 0) is 31.5 Å². The Kier molecular flexibility index (Phi) is 4.36. The molecule has 1 aromatic carbocycles. The summed E-state index contributed by atoms with van der Waals surface area (Å²) in [6.45, 7) is 4.27. The summed E-state index contributed by atoms with van der Waals surface area (Å²) in [6, 6.07) is 7.11. The number of hydrogen-bond donors (Lipinski definition) is 3. The molecule has 0 saturated carbocycles. The van der Waals surface area contributed by atoms with Crippen molar-refractivity contribution < 1.29 is 5.11 Å². The number of aliphatic hydroxyl groups is 1. The van der Waals surface area contributed by atoms with Gasteiger partial charge in [-0.2, -0.15) is 5.26 Å². The van der Waals surface area contributed by atoms with Crippen LogP contribution in [-0.4, -0.2) is 17.3 Å². The summed E-state index contributed by atoms with van der Waals surface area (Å²) >= 11 is 0. The van der Waals surface area contributed by atoms with E-state index in [4.69, 9.17) is 11.0 Å². The molecule has 0 bridgehead atoms. The maximum atomic E-state index is 10.0. The van der Waals surface area contributed by atoms with E-state index in [2.05, 4.69) is 5.32 Å². The number of nitrogens with two attached hydrogens (primary N) is 1. The molecule has 1 unspecified atom stereocenters. The van der Waals surface area contributed by atoms with Gasteiger partial charge in [-0.25, -0.2) is 0 Å². The predicted octanol–water partition coefficient (Wildman–Crippen LogP) is 2.10. The molecule has 0 amide bonds. The van der Waals surface area contributed by atoms with Crippen molar-refractivity contribution in [2.75, 3.05) is 17.6 Å². The van der Waals surface area contributed by atoms with Crippen LogP contribution in [0.5, 0.6) is 0 Å². The summed E-state index contributed by atoms with van der Waals surface area (Å²) < 4.78 is 0. The Morgan fingerprint density at radius 3 is 2.76 bits per heavy atom. The predicted molar refractivity (Wildman–Crippen MR) is 69.6 cm³/mol. The molecule has 0 fully saturated rings. The van der Waals surface area contributed by atoms with Crippen molar-refractivity contribution in [1.29, 1.82) is 5.26 Å². The second-order valence-corrected chi connectivity index (χ2v) is 4.51. The molecule has 4 nitrogen and oxygen atoms in total. The van der Waals surface area contributed by atoms with Crippen LogP contribution in [0.1, 0.15) is 32.3 Å². The first kappa shape index (κ1) is 13.3. The highest BCUT2D eigenvalue weighted by molar-refractivity contribution is 5.68. The third kappa shape index (κ3) is 3.97. The molecular formula is C13H19N3O. The molecule has 1 aromatic rings. The molecule has 1 rings (SSSR count). The van der Waals surface area contributed by atoms with Crippen LogP contribution in [0.4, 0.5) is 11.4 Å². The van der Waals surface area contributed by atoms with Crippen LogP contribution < -0.4 is 11.1 Å². The van der Waals surface area contributed by atoms with E-state index in [1.807, 2.05) is 13.0 Å².